The molecule has 0 radical (unpaired) electrons. The van der Waals surface area contributed by atoms with Crippen LogP contribution in [-0.4, -0.2) is 11.9 Å². The van der Waals surface area contributed by atoms with Gasteiger partial charge in [-0.25, -0.2) is 13.2 Å². The van der Waals surface area contributed by atoms with Gasteiger partial charge in [-0.1, -0.05) is 35.0 Å². The lowest BCUT2D eigenvalue weighted by atomic mass is 10.0. The fourth-order valence-corrected chi connectivity index (χ4v) is 2.65. The van der Waals surface area contributed by atoms with Gasteiger partial charge in [-0.2, -0.15) is 0 Å². The second kappa shape index (κ2) is 8.49. The van der Waals surface area contributed by atoms with Crippen LogP contribution in [0, 0.1) is 17.5 Å². The SMILES string of the molecule is CC[C@H](N[C@H](C)C(=O)Nc1ccc(F)c(F)c1F)c1ccc(Br)cc1. The van der Waals surface area contributed by atoms with Crippen LogP contribution >= 0.6 is 15.9 Å². The number of nitrogens with one attached hydrogen (secondary N) is 2. The third kappa shape index (κ3) is 4.83. The highest BCUT2D eigenvalue weighted by atomic mass is 79.9. The number of hydrogen-bond donors (Lipinski definition) is 2. The summed E-state index contributed by atoms with van der Waals surface area (Å²) in [4.78, 5) is 12.2. The van der Waals surface area contributed by atoms with Crippen LogP contribution in [0.15, 0.2) is 40.9 Å². The Hall–Kier alpha value is -1.86. The number of benzene rings is 2. The number of hydrogen-bond acceptors (Lipinski definition) is 2. The van der Waals surface area contributed by atoms with Crippen LogP contribution in [0.1, 0.15) is 31.9 Å². The van der Waals surface area contributed by atoms with Crippen molar-refractivity contribution in [2.75, 3.05) is 5.32 Å². The molecular formula is C18H18BrF3N2O. The minimum Gasteiger partial charge on any atom is -0.322 e. The maximum absolute atomic E-state index is 13.7. The second-order valence-electron chi connectivity index (χ2n) is 5.61. The van der Waals surface area contributed by atoms with E-state index in [1.807, 2.05) is 31.2 Å². The minimum atomic E-state index is -1.61. The minimum absolute atomic E-state index is 0.0800. The average molecular weight is 415 g/mol. The van der Waals surface area contributed by atoms with E-state index < -0.39 is 35.1 Å². The number of halogens is 4. The third-order valence-electron chi connectivity index (χ3n) is 3.82. The molecule has 0 aromatic heterocycles. The standard InChI is InChI=1S/C18H18BrF3N2O/c1-3-14(11-4-6-12(19)7-5-11)23-10(2)18(25)24-15-9-8-13(20)16(21)17(15)22/h4-10,14,23H,3H2,1-2H3,(H,24,25)/t10-,14+/m1/s1. The van der Waals surface area contributed by atoms with E-state index in [2.05, 4.69) is 26.6 Å². The van der Waals surface area contributed by atoms with Crippen molar-refractivity contribution >= 4 is 27.5 Å². The lowest BCUT2D eigenvalue weighted by molar-refractivity contribution is -0.118. The molecule has 0 aliphatic rings. The number of carbonyl (C=O) groups excluding carboxylic acids is 1. The summed E-state index contributed by atoms with van der Waals surface area (Å²) < 4.78 is 40.8. The molecule has 2 aromatic rings. The quantitative estimate of drug-likeness (QED) is 0.657. The number of anilines is 1. The molecular weight excluding hydrogens is 397 g/mol. The normalized spacial score (nSPS) is 13.4. The van der Waals surface area contributed by atoms with Gasteiger partial charge >= 0.3 is 0 Å². The van der Waals surface area contributed by atoms with E-state index in [0.29, 0.717) is 0 Å². The van der Waals surface area contributed by atoms with Gasteiger partial charge in [0.2, 0.25) is 5.91 Å². The molecule has 0 unspecified atom stereocenters. The molecule has 0 fully saturated rings. The zero-order valence-corrected chi connectivity index (χ0v) is 15.3. The maximum Gasteiger partial charge on any atom is 0.241 e. The van der Waals surface area contributed by atoms with Crippen molar-refractivity contribution in [3.8, 4) is 0 Å². The first-order valence-electron chi connectivity index (χ1n) is 7.79. The van der Waals surface area contributed by atoms with Crippen LogP contribution < -0.4 is 10.6 Å². The molecule has 3 nitrogen and oxygen atoms in total. The largest absolute Gasteiger partial charge is 0.322 e. The molecule has 2 aromatic carbocycles. The maximum atomic E-state index is 13.7. The predicted octanol–water partition coefficient (Wildman–Crippen LogP) is 4.93. The molecule has 0 heterocycles. The van der Waals surface area contributed by atoms with Crippen LogP contribution in [-0.2, 0) is 4.79 Å². The first kappa shape index (κ1) is 19.5. The Labute approximate surface area is 152 Å². The van der Waals surface area contributed by atoms with Gasteiger partial charge in [0.25, 0.3) is 0 Å². The Bertz CT molecular complexity index is 753. The van der Waals surface area contributed by atoms with Crippen molar-refractivity contribution < 1.29 is 18.0 Å². The Morgan fingerprint density at radius 1 is 1.08 bits per heavy atom. The van der Waals surface area contributed by atoms with Crippen molar-refractivity contribution in [1.82, 2.24) is 5.32 Å². The average Bonchev–Trinajstić information content (AvgIpc) is 2.60. The van der Waals surface area contributed by atoms with E-state index in [1.54, 1.807) is 6.92 Å². The Morgan fingerprint density at radius 2 is 1.72 bits per heavy atom. The summed E-state index contributed by atoms with van der Waals surface area (Å²) in [6.45, 7) is 3.59. The van der Waals surface area contributed by atoms with Crippen molar-refractivity contribution in [2.45, 2.75) is 32.4 Å². The van der Waals surface area contributed by atoms with Crippen LogP contribution in [0.25, 0.3) is 0 Å². The lowest BCUT2D eigenvalue weighted by Crippen LogP contribution is -2.40. The molecule has 1 amide bonds. The van der Waals surface area contributed by atoms with E-state index >= 15 is 0 Å². The van der Waals surface area contributed by atoms with Crippen molar-refractivity contribution in [3.63, 3.8) is 0 Å². The molecule has 7 heteroatoms. The summed E-state index contributed by atoms with van der Waals surface area (Å²) in [6, 6.07) is 8.69. The van der Waals surface area contributed by atoms with Gasteiger partial charge in [-0.3, -0.25) is 10.1 Å². The first-order chi connectivity index (χ1) is 11.8. The molecule has 0 aliphatic carbocycles. The zero-order chi connectivity index (χ0) is 18.6. The van der Waals surface area contributed by atoms with Crippen LogP contribution in [0.3, 0.4) is 0 Å². The van der Waals surface area contributed by atoms with Gasteiger partial charge in [0.05, 0.1) is 11.7 Å². The fourth-order valence-electron chi connectivity index (χ4n) is 2.39. The predicted molar refractivity (Wildman–Crippen MR) is 94.7 cm³/mol. The molecule has 2 atom stereocenters. The van der Waals surface area contributed by atoms with E-state index in [-0.39, 0.29) is 6.04 Å². The Balaban J connectivity index is 2.06. The topological polar surface area (TPSA) is 41.1 Å². The zero-order valence-electron chi connectivity index (χ0n) is 13.7. The summed E-state index contributed by atoms with van der Waals surface area (Å²) in [5.74, 6) is -4.87. The Morgan fingerprint density at radius 3 is 2.32 bits per heavy atom. The molecule has 134 valence electrons. The van der Waals surface area contributed by atoms with Gasteiger partial charge in [-0.05, 0) is 43.2 Å². The van der Waals surface area contributed by atoms with E-state index in [1.165, 1.54) is 0 Å². The lowest BCUT2D eigenvalue weighted by Gasteiger charge is -2.22. The highest BCUT2D eigenvalue weighted by Gasteiger charge is 2.21. The smallest absolute Gasteiger partial charge is 0.241 e. The van der Waals surface area contributed by atoms with Gasteiger partial charge in [0, 0.05) is 10.5 Å². The van der Waals surface area contributed by atoms with E-state index in [0.717, 1.165) is 28.6 Å². The van der Waals surface area contributed by atoms with Crippen molar-refractivity contribution in [2.24, 2.45) is 0 Å². The molecule has 2 N–H and O–H groups in total. The highest BCUT2D eigenvalue weighted by Crippen LogP contribution is 2.22. The van der Waals surface area contributed by atoms with Crippen molar-refractivity contribution in [1.29, 1.82) is 0 Å². The van der Waals surface area contributed by atoms with Gasteiger partial charge in [0.15, 0.2) is 17.5 Å². The monoisotopic (exact) mass is 414 g/mol. The number of amides is 1. The summed E-state index contributed by atoms with van der Waals surface area (Å²) in [7, 11) is 0. The number of carbonyl (C=O) groups is 1. The van der Waals surface area contributed by atoms with Gasteiger partial charge < -0.3 is 5.32 Å². The fraction of sp³-hybridized carbons (Fsp3) is 0.278. The molecule has 2 rings (SSSR count). The molecule has 0 bridgehead atoms. The summed E-state index contributed by atoms with van der Waals surface area (Å²) in [6.07, 6.45) is 0.735. The summed E-state index contributed by atoms with van der Waals surface area (Å²) in [5, 5.41) is 5.43. The molecule has 0 saturated heterocycles. The van der Waals surface area contributed by atoms with Crippen LogP contribution in [0.5, 0.6) is 0 Å². The third-order valence-corrected chi connectivity index (χ3v) is 4.35. The molecule has 25 heavy (non-hydrogen) atoms. The van der Waals surface area contributed by atoms with Crippen LogP contribution in [0.4, 0.5) is 18.9 Å². The molecule has 0 saturated carbocycles. The van der Waals surface area contributed by atoms with Gasteiger partial charge in [-0.15, -0.1) is 0 Å². The molecule has 0 spiro atoms. The first-order valence-corrected chi connectivity index (χ1v) is 8.58. The second-order valence-corrected chi connectivity index (χ2v) is 6.53. The van der Waals surface area contributed by atoms with Crippen LogP contribution in [0.2, 0.25) is 0 Å². The van der Waals surface area contributed by atoms with E-state index in [4.69, 9.17) is 0 Å². The summed E-state index contributed by atoms with van der Waals surface area (Å²) in [5.41, 5.74) is 0.610. The summed E-state index contributed by atoms with van der Waals surface area (Å²) >= 11 is 3.37. The highest BCUT2D eigenvalue weighted by molar-refractivity contribution is 9.10. The number of rotatable bonds is 6. The van der Waals surface area contributed by atoms with E-state index in [9.17, 15) is 18.0 Å². The van der Waals surface area contributed by atoms with Crippen molar-refractivity contribution in [3.05, 3.63) is 63.9 Å². The Kier molecular flexibility index (Phi) is 6.61. The molecule has 0 aliphatic heterocycles. The van der Waals surface area contributed by atoms with Gasteiger partial charge in [0.1, 0.15) is 0 Å².